The van der Waals surface area contributed by atoms with Crippen molar-refractivity contribution < 1.29 is 9.59 Å². The SMILES string of the molecule is O=C(NC1CCCC1)c1ccc(C(=O)c2ccccc2)cc1. The molecule has 3 heteroatoms. The van der Waals surface area contributed by atoms with Crippen molar-refractivity contribution in [3.63, 3.8) is 0 Å². The minimum absolute atomic E-state index is 0.0247. The molecule has 2 aromatic carbocycles. The quantitative estimate of drug-likeness (QED) is 0.876. The topological polar surface area (TPSA) is 46.2 Å². The van der Waals surface area contributed by atoms with E-state index in [2.05, 4.69) is 5.32 Å². The van der Waals surface area contributed by atoms with Gasteiger partial charge in [-0.2, -0.15) is 0 Å². The number of hydrogen-bond acceptors (Lipinski definition) is 2. The Bertz CT molecular complexity index is 656. The van der Waals surface area contributed by atoms with Gasteiger partial charge < -0.3 is 5.32 Å². The second kappa shape index (κ2) is 6.56. The lowest BCUT2D eigenvalue weighted by molar-refractivity contribution is 0.0936. The molecule has 1 saturated carbocycles. The average molecular weight is 293 g/mol. The molecule has 0 unspecified atom stereocenters. The van der Waals surface area contributed by atoms with Crippen LogP contribution in [-0.2, 0) is 0 Å². The van der Waals surface area contributed by atoms with Gasteiger partial charge >= 0.3 is 0 Å². The molecule has 1 amide bonds. The first kappa shape index (κ1) is 14.5. The van der Waals surface area contributed by atoms with Crippen molar-refractivity contribution >= 4 is 11.7 Å². The van der Waals surface area contributed by atoms with E-state index < -0.39 is 0 Å². The minimum Gasteiger partial charge on any atom is -0.349 e. The molecule has 3 rings (SSSR count). The van der Waals surface area contributed by atoms with Crippen LogP contribution in [0.3, 0.4) is 0 Å². The predicted octanol–water partition coefficient (Wildman–Crippen LogP) is 3.59. The highest BCUT2D eigenvalue weighted by molar-refractivity contribution is 6.09. The minimum atomic E-state index is -0.0504. The van der Waals surface area contributed by atoms with Crippen molar-refractivity contribution in [2.75, 3.05) is 0 Å². The van der Waals surface area contributed by atoms with Gasteiger partial charge in [-0.15, -0.1) is 0 Å². The summed E-state index contributed by atoms with van der Waals surface area (Å²) in [5.41, 5.74) is 1.87. The van der Waals surface area contributed by atoms with Crippen LogP contribution in [0.5, 0.6) is 0 Å². The van der Waals surface area contributed by atoms with Crippen LogP contribution in [0.4, 0.5) is 0 Å². The lowest BCUT2D eigenvalue weighted by atomic mass is 10.0. The van der Waals surface area contributed by atoms with Gasteiger partial charge in [-0.25, -0.2) is 0 Å². The first-order valence-corrected chi connectivity index (χ1v) is 7.75. The van der Waals surface area contributed by atoms with Gasteiger partial charge in [0.1, 0.15) is 0 Å². The number of rotatable bonds is 4. The first-order valence-electron chi connectivity index (χ1n) is 7.75. The number of nitrogens with one attached hydrogen (secondary N) is 1. The van der Waals surface area contributed by atoms with Crippen LogP contribution < -0.4 is 5.32 Å². The fourth-order valence-corrected chi connectivity index (χ4v) is 2.87. The van der Waals surface area contributed by atoms with Gasteiger partial charge in [0.2, 0.25) is 0 Å². The molecule has 0 radical (unpaired) electrons. The second-order valence-electron chi connectivity index (χ2n) is 5.73. The summed E-state index contributed by atoms with van der Waals surface area (Å²) >= 11 is 0. The van der Waals surface area contributed by atoms with Gasteiger partial charge in [0.05, 0.1) is 0 Å². The molecule has 1 aliphatic rings. The van der Waals surface area contributed by atoms with Crippen LogP contribution in [-0.4, -0.2) is 17.7 Å². The monoisotopic (exact) mass is 293 g/mol. The summed E-state index contributed by atoms with van der Waals surface area (Å²) in [7, 11) is 0. The number of benzene rings is 2. The van der Waals surface area contributed by atoms with E-state index in [1.165, 1.54) is 12.8 Å². The molecule has 0 aromatic heterocycles. The molecule has 1 N–H and O–H groups in total. The highest BCUT2D eigenvalue weighted by atomic mass is 16.1. The maximum atomic E-state index is 12.3. The smallest absolute Gasteiger partial charge is 0.251 e. The third-order valence-corrected chi connectivity index (χ3v) is 4.14. The third-order valence-electron chi connectivity index (χ3n) is 4.14. The van der Waals surface area contributed by atoms with E-state index in [0.29, 0.717) is 22.7 Å². The highest BCUT2D eigenvalue weighted by Gasteiger charge is 2.18. The Morgan fingerprint density at radius 2 is 1.32 bits per heavy atom. The average Bonchev–Trinajstić information content (AvgIpc) is 3.08. The summed E-state index contributed by atoms with van der Waals surface area (Å²) in [5, 5.41) is 3.05. The third kappa shape index (κ3) is 3.25. The van der Waals surface area contributed by atoms with Crippen LogP contribution in [0.25, 0.3) is 0 Å². The number of ketones is 1. The normalized spacial score (nSPS) is 14.7. The second-order valence-corrected chi connectivity index (χ2v) is 5.73. The van der Waals surface area contributed by atoms with Crippen LogP contribution >= 0.6 is 0 Å². The largest absolute Gasteiger partial charge is 0.349 e. The number of amides is 1. The molecular formula is C19H19NO2. The van der Waals surface area contributed by atoms with Crippen molar-refractivity contribution in [2.45, 2.75) is 31.7 Å². The Morgan fingerprint density at radius 3 is 1.95 bits per heavy atom. The molecule has 112 valence electrons. The Balaban J connectivity index is 1.69. The molecule has 0 atom stereocenters. The zero-order valence-electron chi connectivity index (χ0n) is 12.4. The maximum Gasteiger partial charge on any atom is 0.251 e. The number of carbonyl (C=O) groups is 2. The van der Waals surface area contributed by atoms with E-state index >= 15 is 0 Å². The summed E-state index contributed by atoms with van der Waals surface area (Å²) in [6.07, 6.45) is 4.51. The fourth-order valence-electron chi connectivity index (χ4n) is 2.87. The molecule has 2 aromatic rings. The molecule has 0 aliphatic heterocycles. The van der Waals surface area contributed by atoms with E-state index in [4.69, 9.17) is 0 Å². The number of carbonyl (C=O) groups excluding carboxylic acids is 2. The zero-order chi connectivity index (χ0) is 15.4. The summed E-state index contributed by atoms with van der Waals surface area (Å²) < 4.78 is 0. The molecule has 3 nitrogen and oxygen atoms in total. The summed E-state index contributed by atoms with van der Waals surface area (Å²) in [6.45, 7) is 0. The molecule has 0 saturated heterocycles. The van der Waals surface area contributed by atoms with E-state index in [-0.39, 0.29) is 11.7 Å². The lowest BCUT2D eigenvalue weighted by Crippen LogP contribution is -2.32. The molecule has 0 spiro atoms. The molecule has 22 heavy (non-hydrogen) atoms. The Labute approximate surface area is 130 Å². The lowest BCUT2D eigenvalue weighted by Gasteiger charge is -2.12. The predicted molar refractivity (Wildman–Crippen MR) is 86.0 cm³/mol. The fraction of sp³-hybridized carbons (Fsp3) is 0.263. The van der Waals surface area contributed by atoms with E-state index in [9.17, 15) is 9.59 Å². The van der Waals surface area contributed by atoms with Gasteiger partial charge in [-0.1, -0.05) is 55.3 Å². The van der Waals surface area contributed by atoms with Crippen LogP contribution in [0.1, 0.15) is 52.0 Å². The van der Waals surface area contributed by atoms with Crippen molar-refractivity contribution in [1.29, 1.82) is 0 Å². The summed E-state index contributed by atoms with van der Waals surface area (Å²) in [6, 6.07) is 16.4. The van der Waals surface area contributed by atoms with Crippen molar-refractivity contribution in [2.24, 2.45) is 0 Å². The zero-order valence-corrected chi connectivity index (χ0v) is 12.4. The van der Waals surface area contributed by atoms with Crippen molar-refractivity contribution in [3.05, 3.63) is 71.3 Å². The molecule has 0 bridgehead atoms. The van der Waals surface area contributed by atoms with E-state index in [1.807, 2.05) is 18.2 Å². The summed E-state index contributed by atoms with van der Waals surface area (Å²) in [4.78, 5) is 24.5. The molecule has 0 heterocycles. The van der Waals surface area contributed by atoms with Gasteiger partial charge in [-0.05, 0) is 25.0 Å². The van der Waals surface area contributed by atoms with Crippen molar-refractivity contribution in [3.8, 4) is 0 Å². The van der Waals surface area contributed by atoms with Crippen LogP contribution in [0.2, 0.25) is 0 Å². The maximum absolute atomic E-state index is 12.3. The highest BCUT2D eigenvalue weighted by Crippen LogP contribution is 2.18. The Kier molecular flexibility index (Phi) is 4.33. The van der Waals surface area contributed by atoms with Gasteiger partial charge in [0, 0.05) is 22.7 Å². The molecular weight excluding hydrogens is 274 g/mol. The standard InChI is InChI=1S/C19H19NO2/c21-18(14-6-2-1-3-7-14)15-10-12-16(13-11-15)19(22)20-17-8-4-5-9-17/h1-3,6-7,10-13,17H,4-5,8-9H2,(H,20,22). The van der Waals surface area contributed by atoms with Crippen LogP contribution in [0.15, 0.2) is 54.6 Å². The molecule has 1 aliphatic carbocycles. The number of hydrogen-bond donors (Lipinski definition) is 1. The Morgan fingerprint density at radius 1 is 0.773 bits per heavy atom. The van der Waals surface area contributed by atoms with E-state index in [1.54, 1.807) is 36.4 Å². The first-order chi connectivity index (χ1) is 10.7. The van der Waals surface area contributed by atoms with E-state index in [0.717, 1.165) is 12.8 Å². The van der Waals surface area contributed by atoms with Crippen LogP contribution in [0, 0.1) is 0 Å². The van der Waals surface area contributed by atoms with Crippen molar-refractivity contribution in [1.82, 2.24) is 5.32 Å². The van der Waals surface area contributed by atoms with Gasteiger partial charge in [-0.3, -0.25) is 9.59 Å². The Hall–Kier alpha value is -2.42. The van der Waals surface area contributed by atoms with Gasteiger partial charge in [0.25, 0.3) is 5.91 Å². The molecule has 1 fully saturated rings. The summed E-state index contributed by atoms with van der Waals surface area (Å²) in [5.74, 6) is -0.0750. The van der Waals surface area contributed by atoms with Gasteiger partial charge in [0.15, 0.2) is 5.78 Å².